The minimum atomic E-state index is -0.00246. The van der Waals surface area contributed by atoms with Crippen LogP contribution in [0, 0.1) is 11.8 Å². The van der Waals surface area contributed by atoms with E-state index in [2.05, 4.69) is 5.32 Å². The van der Waals surface area contributed by atoms with Crippen LogP contribution in [0.15, 0.2) is 0 Å². The first kappa shape index (κ1) is 14.8. The molecule has 0 saturated heterocycles. The third-order valence-electron chi connectivity index (χ3n) is 3.41. The lowest BCUT2D eigenvalue weighted by molar-refractivity contribution is -0.126. The molecule has 100 valence electrons. The van der Waals surface area contributed by atoms with Crippen LogP contribution in [0.25, 0.3) is 0 Å². The maximum Gasteiger partial charge on any atom is 0.246 e. The molecule has 2 atom stereocenters. The number of nitrogens with one attached hydrogen (secondary N) is 1. The Hall–Kier alpha value is -0.280. The fraction of sp³-hybridized carbons (Fsp3) is 0.923. The predicted molar refractivity (Wildman–Crippen MR) is 70.3 cm³/mol. The molecule has 0 aromatic heterocycles. The van der Waals surface area contributed by atoms with Gasteiger partial charge >= 0.3 is 0 Å². The van der Waals surface area contributed by atoms with E-state index in [9.17, 15) is 4.79 Å². The molecule has 1 fully saturated rings. The van der Waals surface area contributed by atoms with E-state index < -0.39 is 0 Å². The summed E-state index contributed by atoms with van der Waals surface area (Å²) >= 11 is 5.96. The van der Waals surface area contributed by atoms with Crippen molar-refractivity contribution in [3.63, 3.8) is 0 Å². The van der Waals surface area contributed by atoms with Crippen molar-refractivity contribution < 1.29 is 9.53 Å². The van der Waals surface area contributed by atoms with Gasteiger partial charge in [-0.05, 0) is 31.1 Å². The number of carbonyl (C=O) groups excluding carboxylic acids is 1. The topological polar surface area (TPSA) is 38.3 Å². The molecule has 1 aliphatic carbocycles. The van der Waals surface area contributed by atoms with Gasteiger partial charge in [-0.3, -0.25) is 4.79 Å². The highest BCUT2D eigenvalue weighted by molar-refractivity contribution is 6.18. The van der Waals surface area contributed by atoms with E-state index >= 15 is 0 Å². The highest BCUT2D eigenvalue weighted by Gasteiger charge is 2.24. The second-order valence-electron chi connectivity index (χ2n) is 4.82. The summed E-state index contributed by atoms with van der Waals surface area (Å²) in [4.78, 5) is 11.5. The number of rotatable bonds is 7. The molecule has 0 aromatic rings. The summed E-state index contributed by atoms with van der Waals surface area (Å²) in [6.45, 7) is 3.63. The van der Waals surface area contributed by atoms with Gasteiger partial charge in [0.2, 0.25) is 5.91 Å². The lowest BCUT2D eigenvalue weighted by Gasteiger charge is -2.30. The van der Waals surface area contributed by atoms with E-state index in [1.165, 1.54) is 25.7 Å². The fourth-order valence-electron chi connectivity index (χ4n) is 2.36. The average Bonchev–Trinajstić information content (AvgIpc) is 2.37. The number of ether oxygens (including phenoxy) is 1. The summed E-state index contributed by atoms with van der Waals surface area (Å²) in [5.41, 5.74) is 0. The zero-order valence-corrected chi connectivity index (χ0v) is 11.5. The summed E-state index contributed by atoms with van der Waals surface area (Å²) < 4.78 is 5.20. The van der Waals surface area contributed by atoms with Crippen molar-refractivity contribution in [2.45, 2.75) is 39.0 Å². The lowest BCUT2D eigenvalue weighted by Crippen LogP contribution is -2.36. The van der Waals surface area contributed by atoms with Gasteiger partial charge in [0.05, 0.1) is 0 Å². The largest absolute Gasteiger partial charge is 0.372 e. The van der Waals surface area contributed by atoms with Crippen LogP contribution in [-0.4, -0.2) is 31.5 Å². The zero-order chi connectivity index (χ0) is 12.5. The van der Waals surface area contributed by atoms with Gasteiger partial charge in [-0.25, -0.2) is 0 Å². The molecule has 0 heterocycles. The molecule has 1 aliphatic rings. The Morgan fingerprint density at radius 1 is 1.35 bits per heavy atom. The number of hydrogen-bond donors (Lipinski definition) is 1. The van der Waals surface area contributed by atoms with Gasteiger partial charge in [0, 0.05) is 19.0 Å². The molecular formula is C13H24ClNO2. The lowest BCUT2D eigenvalue weighted by atomic mass is 9.80. The molecule has 1 N–H and O–H groups in total. The second-order valence-corrected chi connectivity index (χ2v) is 5.12. The van der Waals surface area contributed by atoms with Gasteiger partial charge in [0.15, 0.2) is 0 Å². The van der Waals surface area contributed by atoms with E-state index in [4.69, 9.17) is 16.3 Å². The van der Waals surface area contributed by atoms with Crippen LogP contribution in [0.2, 0.25) is 0 Å². The fourth-order valence-corrected chi connectivity index (χ4v) is 2.77. The molecule has 0 bridgehead atoms. The molecule has 0 aromatic carbocycles. The maximum atomic E-state index is 11.5. The van der Waals surface area contributed by atoms with Crippen molar-refractivity contribution in [3.8, 4) is 0 Å². The smallest absolute Gasteiger partial charge is 0.246 e. The van der Waals surface area contributed by atoms with Crippen molar-refractivity contribution in [1.29, 1.82) is 0 Å². The molecule has 17 heavy (non-hydrogen) atoms. The highest BCUT2D eigenvalue weighted by Crippen LogP contribution is 2.30. The molecule has 3 nitrogen and oxygen atoms in total. The van der Waals surface area contributed by atoms with Crippen LogP contribution in [0.5, 0.6) is 0 Å². The molecular weight excluding hydrogens is 238 g/mol. The monoisotopic (exact) mass is 261 g/mol. The Morgan fingerprint density at radius 2 is 2.06 bits per heavy atom. The first-order valence-corrected chi connectivity index (χ1v) is 7.21. The number of amides is 1. The van der Waals surface area contributed by atoms with Gasteiger partial charge in [0.1, 0.15) is 6.61 Å². The quantitative estimate of drug-likeness (QED) is 0.565. The van der Waals surface area contributed by atoms with Gasteiger partial charge < -0.3 is 10.1 Å². The number of carbonyl (C=O) groups is 1. The van der Waals surface area contributed by atoms with Crippen molar-refractivity contribution >= 4 is 17.5 Å². The van der Waals surface area contributed by atoms with E-state index in [1.54, 1.807) is 0 Å². The van der Waals surface area contributed by atoms with Crippen molar-refractivity contribution in [2.24, 2.45) is 11.8 Å². The second kappa shape index (κ2) is 8.76. The molecule has 0 aliphatic heterocycles. The van der Waals surface area contributed by atoms with Gasteiger partial charge in [-0.2, -0.15) is 0 Å². The highest BCUT2D eigenvalue weighted by atomic mass is 35.5. The van der Waals surface area contributed by atoms with E-state index in [-0.39, 0.29) is 12.5 Å². The van der Waals surface area contributed by atoms with Crippen molar-refractivity contribution in [1.82, 2.24) is 5.32 Å². The zero-order valence-electron chi connectivity index (χ0n) is 10.7. The molecule has 4 heteroatoms. The standard InChI is InChI=1S/C13H24ClNO2/c1-2-7-17-10-13(16)15-9-12-6-4-3-5-11(12)8-14/h11-12H,2-10H2,1H3,(H,15,16). The van der Waals surface area contributed by atoms with Crippen LogP contribution in [0.4, 0.5) is 0 Å². The molecule has 0 radical (unpaired) electrons. The Balaban J connectivity index is 2.17. The Morgan fingerprint density at radius 3 is 2.71 bits per heavy atom. The summed E-state index contributed by atoms with van der Waals surface area (Å²) in [5, 5.41) is 2.95. The summed E-state index contributed by atoms with van der Waals surface area (Å²) in [6, 6.07) is 0. The van der Waals surface area contributed by atoms with Crippen LogP contribution < -0.4 is 5.32 Å². The number of halogens is 1. The molecule has 1 amide bonds. The van der Waals surface area contributed by atoms with Crippen LogP contribution in [-0.2, 0) is 9.53 Å². The average molecular weight is 262 g/mol. The van der Waals surface area contributed by atoms with Gasteiger partial charge in [-0.15, -0.1) is 11.6 Å². The normalized spacial score (nSPS) is 24.6. The molecule has 2 unspecified atom stereocenters. The van der Waals surface area contributed by atoms with E-state index in [0.717, 1.165) is 13.0 Å². The van der Waals surface area contributed by atoms with Crippen LogP contribution in [0.3, 0.4) is 0 Å². The van der Waals surface area contributed by atoms with Crippen LogP contribution >= 0.6 is 11.6 Å². The van der Waals surface area contributed by atoms with Gasteiger partial charge in [-0.1, -0.05) is 19.8 Å². The summed E-state index contributed by atoms with van der Waals surface area (Å²) in [7, 11) is 0. The van der Waals surface area contributed by atoms with Crippen LogP contribution in [0.1, 0.15) is 39.0 Å². The third-order valence-corrected chi connectivity index (χ3v) is 3.80. The SMILES string of the molecule is CCCOCC(=O)NCC1CCCCC1CCl. The third kappa shape index (κ3) is 5.73. The Bertz CT molecular complexity index is 223. The van der Waals surface area contributed by atoms with Gasteiger partial charge in [0.25, 0.3) is 0 Å². The molecule has 0 spiro atoms. The van der Waals surface area contributed by atoms with E-state index in [0.29, 0.717) is 24.3 Å². The van der Waals surface area contributed by atoms with Crippen molar-refractivity contribution in [2.75, 3.05) is 25.6 Å². The van der Waals surface area contributed by atoms with E-state index in [1.807, 2.05) is 6.92 Å². The summed E-state index contributed by atoms with van der Waals surface area (Å²) in [6.07, 6.45) is 5.88. The maximum absolute atomic E-state index is 11.5. The summed E-state index contributed by atoms with van der Waals surface area (Å²) in [5.74, 6) is 1.84. The predicted octanol–water partition coefficient (Wildman–Crippen LogP) is 2.57. The molecule has 1 rings (SSSR count). The number of alkyl halides is 1. The Kier molecular flexibility index (Phi) is 7.62. The minimum Gasteiger partial charge on any atom is -0.372 e. The first-order chi connectivity index (χ1) is 8.27. The number of hydrogen-bond acceptors (Lipinski definition) is 2. The molecule has 1 saturated carbocycles. The van der Waals surface area contributed by atoms with Crippen molar-refractivity contribution in [3.05, 3.63) is 0 Å². The Labute approximate surface area is 109 Å². The first-order valence-electron chi connectivity index (χ1n) is 6.68. The minimum absolute atomic E-state index is 0.00246.